The fourth-order valence-corrected chi connectivity index (χ4v) is 4.64. The van der Waals surface area contributed by atoms with Gasteiger partial charge in [0.05, 0.1) is 7.11 Å². The lowest BCUT2D eigenvalue weighted by molar-refractivity contribution is -0.139. The summed E-state index contributed by atoms with van der Waals surface area (Å²) in [4.78, 5) is 11.5. The Morgan fingerprint density at radius 3 is 1.49 bits per heavy atom. The van der Waals surface area contributed by atoms with Crippen molar-refractivity contribution >= 4 is 27.5 Å². The zero-order valence-corrected chi connectivity index (χ0v) is 21.0. The number of hydrogen-bond acceptors (Lipinski definition) is 4. The van der Waals surface area contributed by atoms with Crippen molar-refractivity contribution in [1.29, 1.82) is 0 Å². The second kappa shape index (κ2) is 10.6. The molecular weight excluding hydrogens is 460 g/mol. The number of rotatable bonds is 8. The van der Waals surface area contributed by atoms with E-state index in [1.54, 1.807) is 14.0 Å². The summed E-state index contributed by atoms with van der Waals surface area (Å²) < 4.78 is 16.3. The first kappa shape index (κ1) is 24.1. The van der Waals surface area contributed by atoms with Crippen LogP contribution in [-0.2, 0) is 9.53 Å². The van der Waals surface area contributed by atoms with Gasteiger partial charge in [-0.3, -0.25) is 0 Å². The van der Waals surface area contributed by atoms with Crippen LogP contribution in [0.25, 0.3) is 43.8 Å². The van der Waals surface area contributed by atoms with Gasteiger partial charge in [0.25, 0.3) is 0 Å². The fraction of sp³-hybridized carbons (Fsp3) is 0.121. The van der Waals surface area contributed by atoms with Gasteiger partial charge in [-0.1, -0.05) is 79.4 Å². The van der Waals surface area contributed by atoms with Crippen LogP contribution in [0.5, 0.6) is 11.5 Å². The van der Waals surface area contributed by atoms with Crippen LogP contribution < -0.4 is 9.47 Å². The van der Waals surface area contributed by atoms with Crippen LogP contribution in [0.3, 0.4) is 0 Å². The van der Waals surface area contributed by atoms with Gasteiger partial charge in [0.15, 0.2) is 0 Å². The third-order valence-corrected chi connectivity index (χ3v) is 6.39. The Hall–Kier alpha value is -4.57. The fourth-order valence-electron chi connectivity index (χ4n) is 4.64. The Morgan fingerprint density at radius 2 is 1.08 bits per heavy atom. The molecule has 4 nitrogen and oxygen atoms in total. The topological polar surface area (TPSA) is 44.8 Å². The van der Waals surface area contributed by atoms with Gasteiger partial charge in [-0.2, -0.15) is 0 Å². The lowest BCUT2D eigenvalue weighted by atomic mass is 9.86. The van der Waals surface area contributed by atoms with Crippen molar-refractivity contribution in [3.63, 3.8) is 0 Å². The predicted molar refractivity (Wildman–Crippen MR) is 150 cm³/mol. The molecule has 0 fully saturated rings. The smallest absolute Gasteiger partial charge is 0.333 e. The Morgan fingerprint density at radius 1 is 0.649 bits per heavy atom. The number of methoxy groups -OCH3 is 1. The number of hydrogen-bond donors (Lipinski definition) is 0. The summed E-state index contributed by atoms with van der Waals surface area (Å²) in [7, 11) is 1.68. The first-order valence-electron chi connectivity index (χ1n) is 12.2. The average molecular weight is 489 g/mol. The van der Waals surface area contributed by atoms with Crippen molar-refractivity contribution in [1.82, 2.24) is 0 Å². The normalized spacial score (nSPS) is 10.9. The minimum Gasteiger partial charge on any atom is -0.497 e. The van der Waals surface area contributed by atoms with E-state index in [1.165, 1.54) is 32.7 Å². The first-order chi connectivity index (χ1) is 18.1. The van der Waals surface area contributed by atoms with Gasteiger partial charge < -0.3 is 14.2 Å². The molecule has 5 rings (SSSR count). The number of carbonyl (C=O) groups is 1. The zero-order valence-electron chi connectivity index (χ0n) is 21.0. The molecule has 4 heteroatoms. The summed E-state index contributed by atoms with van der Waals surface area (Å²) in [5, 5.41) is 4.77. The standard InChI is InChI=1S/C33H28O4/c1-22(2)33(34)37-21-20-36-26-18-14-24(15-19-26)32-29-10-6-4-8-27(29)31(28-9-5-7-11-30(28)32)23-12-16-25(35-3)17-13-23/h4-19H,1,20-21H2,2-3H3. The molecule has 5 aromatic carbocycles. The van der Waals surface area contributed by atoms with E-state index in [9.17, 15) is 4.79 Å². The molecule has 184 valence electrons. The Balaban J connectivity index is 1.54. The van der Waals surface area contributed by atoms with E-state index in [-0.39, 0.29) is 13.2 Å². The summed E-state index contributed by atoms with van der Waals surface area (Å²) in [6.07, 6.45) is 0. The molecule has 0 aliphatic heterocycles. The van der Waals surface area contributed by atoms with Crippen LogP contribution >= 0.6 is 0 Å². The summed E-state index contributed by atoms with van der Waals surface area (Å²) in [5.74, 6) is 1.15. The molecule has 0 aromatic heterocycles. The minimum atomic E-state index is -0.407. The van der Waals surface area contributed by atoms with Gasteiger partial charge in [0, 0.05) is 5.57 Å². The average Bonchev–Trinajstić information content (AvgIpc) is 2.94. The molecular formula is C33H28O4. The Bertz CT molecular complexity index is 1520. The van der Waals surface area contributed by atoms with Gasteiger partial charge >= 0.3 is 5.97 Å². The second-order valence-electron chi connectivity index (χ2n) is 8.86. The molecule has 0 aliphatic carbocycles. The summed E-state index contributed by atoms with van der Waals surface area (Å²) in [5.41, 5.74) is 5.03. The van der Waals surface area contributed by atoms with E-state index < -0.39 is 5.97 Å². The lowest BCUT2D eigenvalue weighted by Gasteiger charge is -2.18. The van der Waals surface area contributed by atoms with Crippen LogP contribution in [0, 0.1) is 0 Å². The lowest BCUT2D eigenvalue weighted by Crippen LogP contribution is -2.12. The maximum absolute atomic E-state index is 11.5. The van der Waals surface area contributed by atoms with Crippen LogP contribution in [0.15, 0.2) is 109 Å². The number of ether oxygens (including phenoxy) is 3. The molecule has 0 bridgehead atoms. The molecule has 0 saturated heterocycles. The zero-order chi connectivity index (χ0) is 25.8. The van der Waals surface area contributed by atoms with Crippen molar-refractivity contribution < 1.29 is 19.0 Å². The number of fused-ring (bicyclic) bond motifs is 2. The van der Waals surface area contributed by atoms with Crippen molar-refractivity contribution in [3.05, 3.63) is 109 Å². The van der Waals surface area contributed by atoms with Crippen molar-refractivity contribution in [2.45, 2.75) is 6.92 Å². The maximum Gasteiger partial charge on any atom is 0.333 e. The SMILES string of the molecule is C=C(C)C(=O)OCCOc1ccc(-c2c3ccccc3c(-c3ccc(OC)cc3)c3ccccc23)cc1. The van der Waals surface area contributed by atoms with Gasteiger partial charge in [-0.25, -0.2) is 4.79 Å². The van der Waals surface area contributed by atoms with Crippen LogP contribution in [-0.4, -0.2) is 26.3 Å². The highest BCUT2D eigenvalue weighted by atomic mass is 16.6. The molecule has 0 amide bonds. The van der Waals surface area contributed by atoms with Gasteiger partial charge in [0.2, 0.25) is 0 Å². The summed E-state index contributed by atoms with van der Waals surface area (Å²) in [6, 6.07) is 33.4. The molecule has 0 spiro atoms. The van der Waals surface area contributed by atoms with E-state index in [4.69, 9.17) is 14.2 Å². The van der Waals surface area contributed by atoms with Crippen LogP contribution in [0.2, 0.25) is 0 Å². The van der Waals surface area contributed by atoms with Crippen molar-refractivity contribution in [2.75, 3.05) is 20.3 Å². The highest BCUT2D eigenvalue weighted by molar-refractivity contribution is 6.21. The third-order valence-electron chi connectivity index (χ3n) is 6.39. The van der Waals surface area contributed by atoms with Gasteiger partial charge in [0.1, 0.15) is 24.7 Å². The van der Waals surface area contributed by atoms with E-state index in [2.05, 4.69) is 79.4 Å². The molecule has 0 heterocycles. The Kier molecular flexibility index (Phi) is 6.91. The molecule has 0 atom stereocenters. The van der Waals surface area contributed by atoms with E-state index in [0.717, 1.165) is 22.6 Å². The largest absolute Gasteiger partial charge is 0.497 e. The highest BCUT2D eigenvalue weighted by Gasteiger charge is 2.16. The molecule has 0 radical (unpaired) electrons. The molecule has 0 aliphatic rings. The summed E-state index contributed by atoms with van der Waals surface area (Å²) in [6.45, 7) is 5.66. The van der Waals surface area contributed by atoms with Gasteiger partial charge in [-0.05, 0) is 75.0 Å². The Labute approximate surface area is 216 Å². The van der Waals surface area contributed by atoms with Crippen molar-refractivity contribution in [2.24, 2.45) is 0 Å². The second-order valence-corrected chi connectivity index (χ2v) is 8.86. The molecule has 0 unspecified atom stereocenters. The molecule has 5 aromatic rings. The van der Waals surface area contributed by atoms with E-state index in [1.807, 2.05) is 24.3 Å². The quantitative estimate of drug-likeness (QED) is 0.0966. The van der Waals surface area contributed by atoms with Crippen LogP contribution in [0.4, 0.5) is 0 Å². The van der Waals surface area contributed by atoms with Crippen LogP contribution in [0.1, 0.15) is 6.92 Å². The molecule has 37 heavy (non-hydrogen) atoms. The van der Waals surface area contributed by atoms with Gasteiger partial charge in [-0.15, -0.1) is 0 Å². The molecule has 0 N–H and O–H groups in total. The first-order valence-corrected chi connectivity index (χ1v) is 12.2. The number of esters is 1. The predicted octanol–water partition coefficient (Wildman–Crippen LogP) is 7.83. The summed E-state index contributed by atoms with van der Waals surface area (Å²) >= 11 is 0. The third kappa shape index (κ3) is 4.91. The number of carbonyl (C=O) groups excluding carboxylic acids is 1. The highest BCUT2D eigenvalue weighted by Crippen LogP contribution is 2.43. The number of benzene rings is 5. The van der Waals surface area contributed by atoms with E-state index in [0.29, 0.717) is 5.57 Å². The van der Waals surface area contributed by atoms with E-state index >= 15 is 0 Å². The minimum absolute atomic E-state index is 0.176. The maximum atomic E-state index is 11.5. The monoisotopic (exact) mass is 488 g/mol. The molecule has 0 saturated carbocycles. The van der Waals surface area contributed by atoms with Crippen molar-refractivity contribution in [3.8, 4) is 33.8 Å².